The van der Waals surface area contributed by atoms with Crippen molar-refractivity contribution in [3.05, 3.63) is 180 Å². The third kappa shape index (κ3) is 3.02. The number of benzene rings is 8. The number of fused-ring (bicyclic) bond motifs is 14. The third-order valence-corrected chi connectivity index (χ3v) is 11.8. The summed E-state index contributed by atoms with van der Waals surface area (Å²) in [7, 11) is 0. The minimum Gasteiger partial charge on any atom is -0.0888 e. The number of hydrogen-bond acceptors (Lipinski definition) is 1. The Bertz CT molecular complexity index is 2580. The van der Waals surface area contributed by atoms with Gasteiger partial charge in [-0.3, -0.25) is 0 Å². The maximum Gasteiger partial charge on any atom is 0.0725 e. The maximum absolute atomic E-state index is 2.52. The van der Waals surface area contributed by atoms with Crippen LogP contribution in [0.1, 0.15) is 22.3 Å². The molecule has 1 heteroatoms. The Morgan fingerprint density at radius 2 is 1.07 bits per heavy atom. The minimum atomic E-state index is -0.371. The molecule has 0 saturated carbocycles. The van der Waals surface area contributed by atoms with Gasteiger partial charge in [-0.1, -0.05) is 145 Å². The molecule has 0 atom stereocenters. The van der Waals surface area contributed by atoms with Crippen LogP contribution in [0.2, 0.25) is 0 Å². The van der Waals surface area contributed by atoms with Crippen molar-refractivity contribution in [1.29, 1.82) is 0 Å². The number of rotatable bonds is 1. The van der Waals surface area contributed by atoms with Crippen LogP contribution < -0.4 is 0 Å². The smallest absolute Gasteiger partial charge is 0.0725 e. The molecule has 3 aliphatic rings. The normalized spacial score (nSPS) is 14.2. The van der Waals surface area contributed by atoms with Gasteiger partial charge in [-0.25, -0.2) is 0 Å². The lowest BCUT2D eigenvalue weighted by molar-refractivity contribution is 0.795. The summed E-state index contributed by atoms with van der Waals surface area (Å²) in [4.78, 5) is 2.66. The highest BCUT2D eigenvalue weighted by atomic mass is 32.2. The molecule has 0 radical (unpaired) electrons. The number of hydrogen-bond donors (Lipinski definition) is 0. The molecule has 0 nitrogen and oxygen atoms in total. The lowest BCUT2D eigenvalue weighted by atomic mass is 9.70. The van der Waals surface area contributed by atoms with Crippen LogP contribution in [0.5, 0.6) is 0 Å². The predicted molar refractivity (Wildman–Crippen MR) is 193 cm³/mol. The zero-order chi connectivity index (χ0) is 30.0. The van der Waals surface area contributed by atoms with Gasteiger partial charge in [0, 0.05) is 15.2 Å². The summed E-state index contributed by atoms with van der Waals surface area (Å²) in [5.74, 6) is 0. The highest BCUT2D eigenvalue weighted by molar-refractivity contribution is 7.99. The molecule has 0 bridgehead atoms. The lowest BCUT2D eigenvalue weighted by Gasteiger charge is -2.31. The minimum absolute atomic E-state index is 0.371. The SMILES string of the molecule is c1ccc2c(c1)Sc1cc(-c3ccc4c(c3)C3(c5ccccc5-c5ccccc53)c3ccc5ccccc5c3-4)cc3cccc-2c13. The van der Waals surface area contributed by atoms with E-state index in [1.807, 2.05) is 11.8 Å². The second kappa shape index (κ2) is 8.88. The highest BCUT2D eigenvalue weighted by Crippen LogP contribution is 2.64. The Morgan fingerprint density at radius 1 is 0.370 bits per heavy atom. The lowest BCUT2D eigenvalue weighted by Crippen LogP contribution is -2.25. The molecule has 46 heavy (non-hydrogen) atoms. The second-order valence-corrected chi connectivity index (χ2v) is 13.9. The Labute approximate surface area is 272 Å². The average molecular weight is 599 g/mol. The molecule has 0 aromatic heterocycles. The van der Waals surface area contributed by atoms with Gasteiger partial charge in [-0.2, -0.15) is 0 Å². The standard InChI is InChI=1S/C45H26S/c1-2-12-31-27(10-1)21-23-39-44(31)36-22-20-28(25-40(36)45(39)37-17-6-3-13-32(37)33-14-4-7-18-38(33)45)30-24-29-11-9-16-35-34-15-5-8-19-41(34)46-42(26-30)43(29)35/h1-26H. The van der Waals surface area contributed by atoms with Crippen LogP contribution >= 0.6 is 11.8 Å². The molecule has 1 spiro atoms. The molecule has 8 aromatic carbocycles. The van der Waals surface area contributed by atoms with Crippen molar-refractivity contribution in [3.63, 3.8) is 0 Å². The summed E-state index contributed by atoms with van der Waals surface area (Å²) in [5, 5.41) is 5.28. The molecule has 2 aliphatic carbocycles. The van der Waals surface area contributed by atoms with Crippen molar-refractivity contribution in [3.8, 4) is 44.5 Å². The first-order valence-electron chi connectivity index (χ1n) is 16.0. The van der Waals surface area contributed by atoms with E-state index in [9.17, 15) is 0 Å². The van der Waals surface area contributed by atoms with Gasteiger partial charge in [-0.15, -0.1) is 0 Å². The highest BCUT2D eigenvalue weighted by Gasteiger charge is 2.52. The van der Waals surface area contributed by atoms with E-state index in [-0.39, 0.29) is 5.41 Å². The van der Waals surface area contributed by atoms with Gasteiger partial charge in [-0.05, 0) is 107 Å². The first-order valence-corrected chi connectivity index (χ1v) is 16.8. The summed E-state index contributed by atoms with van der Waals surface area (Å²) in [6, 6.07) is 59.5. The van der Waals surface area contributed by atoms with Crippen LogP contribution in [0.3, 0.4) is 0 Å². The van der Waals surface area contributed by atoms with Crippen molar-refractivity contribution in [2.45, 2.75) is 15.2 Å². The second-order valence-electron chi connectivity index (χ2n) is 12.8. The fraction of sp³-hybridized carbons (Fsp3) is 0.0222. The monoisotopic (exact) mass is 598 g/mol. The van der Waals surface area contributed by atoms with Crippen LogP contribution in [0, 0.1) is 0 Å². The Morgan fingerprint density at radius 3 is 1.91 bits per heavy atom. The Balaban J connectivity index is 1.22. The molecule has 0 fully saturated rings. The van der Waals surface area contributed by atoms with Crippen LogP contribution in [0.25, 0.3) is 66.1 Å². The summed E-state index contributed by atoms with van der Waals surface area (Å²) < 4.78 is 0. The van der Waals surface area contributed by atoms with E-state index in [4.69, 9.17) is 0 Å². The molecule has 8 aromatic rings. The first kappa shape index (κ1) is 24.9. The van der Waals surface area contributed by atoms with E-state index in [2.05, 4.69) is 158 Å². The van der Waals surface area contributed by atoms with Gasteiger partial charge in [0.2, 0.25) is 0 Å². The molecular weight excluding hydrogens is 573 g/mol. The molecule has 0 saturated heterocycles. The summed E-state index contributed by atoms with van der Waals surface area (Å²) >= 11 is 1.90. The van der Waals surface area contributed by atoms with Gasteiger partial charge in [0.25, 0.3) is 0 Å². The van der Waals surface area contributed by atoms with Crippen molar-refractivity contribution in [2.75, 3.05) is 0 Å². The molecule has 1 aliphatic heterocycles. The first-order chi connectivity index (χ1) is 22.8. The van der Waals surface area contributed by atoms with E-state index < -0.39 is 0 Å². The van der Waals surface area contributed by atoms with E-state index in [0.717, 1.165) is 0 Å². The quantitative estimate of drug-likeness (QED) is 0.181. The summed E-state index contributed by atoms with van der Waals surface area (Å²) in [6.45, 7) is 0. The molecular formula is C45H26S. The summed E-state index contributed by atoms with van der Waals surface area (Å²) in [5.41, 5.74) is 15.8. The van der Waals surface area contributed by atoms with Crippen molar-refractivity contribution < 1.29 is 0 Å². The zero-order valence-corrected chi connectivity index (χ0v) is 25.7. The van der Waals surface area contributed by atoms with Gasteiger partial charge < -0.3 is 0 Å². The molecule has 11 rings (SSSR count). The van der Waals surface area contributed by atoms with Crippen LogP contribution in [0.4, 0.5) is 0 Å². The largest absolute Gasteiger partial charge is 0.0888 e. The predicted octanol–water partition coefficient (Wildman–Crippen LogP) is 12.1. The van der Waals surface area contributed by atoms with E-state index in [1.165, 1.54) is 98.1 Å². The third-order valence-electron chi connectivity index (χ3n) is 10.6. The maximum atomic E-state index is 2.52. The van der Waals surface area contributed by atoms with E-state index in [1.54, 1.807) is 0 Å². The van der Waals surface area contributed by atoms with Gasteiger partial charge in [0.15, 0.2) is 0 Å². The topological polar surface area (TPSA) is 0 Å². The van der Waals surface area contributed by atoms with Crippen molar-refractivity contribution in [1.82, 2.24) is 0 Å². The van der Waals surface area contributed by atoms with Crippen LogP contribution in [-0.2, 0) is 5.41 Å². The van der Waals surface area contributed by atoms with E-state index >= 15 is 0 Å². The Kier molecular flexibility index (Phi) is 4.80. The van der Waals surface area contributed by atoms with Crippen molar-refractivity contribution in [2.24, 2.45) is 0 Å². The Hall–Kier alpha value is -5.37. The average Bonchev–Trinajstić information content (AvgIpc) is 3.59. The van der Waals surface area contributed by atoms with Crippen LogP contribution in [0.15, 0.2) is 168 Å². The molecule has 0 amide bonds. The zero-order valence-electron chi connectivity index (χ0n) is 24.9. The molecule has 212 valence electrons. The molecule has 0 unspecified atom stereocenters. The fourth-order valence-corrected chi connectivity index (χ4v) is 10.0. The van der Waals surface area contributed by atoms with Gasteiger partial charge >= 0.3 is 0 Å². The van der Waals surface area contributed by atoms with Gasteiger partial charge in [0.1, 0.15) is 0 Å². The van der Waals surface area contributed by atoms with E-state index in [0.29, 0.717) is 0 Å². The fourth-order valence-electron chi connectivity index (χ4n) is 8.84. The molecule has 0 N–H and O–H groups in total. The molecule has 1 heterocycles. The van der Waals surface area contributed by atoms with Crippen molar-refractivity contribution >= 4 is 33.3 Å². The van der Waals surface area contributed by atoms with Gasteiger partial charge in [0.05, 0.1) is 5.41 Å². The summed E-state index contributed by atoms with van der Waals surface area (Å²) in [6.07, 6.45) is 0. The van der Waals surface area contributed by atoms with Crippen LogP contribution in [-0.4, -0.2) is 0 Å².